The summed E-state index contributed by atoms with van der Waals surface area (Å²) in [5.41, 5.74) is 4.89. The molecule has 2 aromatic carbocycles. The number of amides is 1. The van der Waals surface area contributed by atoms with E-state index in [9.17, 15) is 4.79 Å². The van der Waals surface area contributed by atoms with E-state index in [-0.39, 0.29) is 5.91 Å². The summed E-state index contributed by atoms with van der Waals surface area (Å²) in [5, 5.41) is 3.96. The zero-order valence-electron chi connectivity index (χ0n) is 14.1. The number of carbonyl (C=O) groups is 1. The summed E-state index contributed by atoms with van der Waals surface area (Å²) in [6.07, 6.45) is 1.58. The van der Waals surface area contributed by atoms with Crippen molar-refractivity contribution in [3.8, 4) is 17.2 Å². The molecule has 0 spiro atoms. The third-order valence-electron chi connectivity index (χ3n) is 3.38. The summed E-state index contributed by atoms with van der Waals surface area (Å²) in [7, 11) is 4.50. The summed E-state index contributed by atoms with van der Waals surface area (Å²) < 4.78 is 15.7. The average molecular weight is 328 g/mol. The van der Waals surface area contributed by atoms with Crippen molar-refractivity contribution in [2.24, 2.45) is 5.10 Å². The zero-order chi connectivity index (χ0) is 17.5. The Hall–Kier alpha value is -3.02. The number of carbonyl (C=O) groups excluding carboxylic acids is 1. The molecule has 0 aliphatic carbocycles. The fourth-order valence-electron chi connectivity index (χ4n) is 2.09. The van der Waals surface area contributed by atoms with Crippen LogP contribution in [0.4, 0.5) is 0 Å². The highest BCUT2D eigenvalue weighted by Crippen LogP contribution is 2.38. The van der Waals surface area contributed by atoms with E-state index >= 15 is 0 Å². The summed E-state index contributed by atoms with van der Waals surface area (Å²) in [5.74, 6) is 0.867. The van der Waals surface area contributed by atoms with E-state index in [1.165, 1.54) is 21.3 Å². The first-order chi connectivity index (χ1) is 11.6. The van der Waals surface area contributed by atoms with Crippen LogP contribution in [0.3, 0.4) is 0 Å². The number of nitrogens with one attached hydrogen (secondary N) is 1. The predicted molar refractivity (Wildman–Crippen MR) is 92.3 cm³/mol. The molecule has 0 radical (unpaired) electrons. The highest BCUT2D eigenvalue weighted by atomic mass is 16.5. The SMILES string of the molecule is COc1cc(C(=O)NN=Cc2ccc(C)cc2)cc(OC)c1OC. The lowest BCUT2D eigenvalue weighted by atomic mass is 10.1. The Morgan fingerprint density at radius 3 is 2.08 bits per heavy atom. The minimum absolute atomic E-state index is 0.352. The molecule has 0 bridgehead atoms. The molecule has 126 valence electrons. The minimum atomic E-state index is -0.377. The molecular formula is C18H20N2O4. The fraction of sp³-hybridized carbons (Fsp3) is 0.222. The largest absolute Gasteiger partial charge is 0.493 e. The Bertz CT molecular complexity index is 714. The van der Waals surface area contributed by atoms with Crippen LogP contribution >= 0.6 is 0 Å². The maximum absolute atomic E-state index is 12.2. The lowest BCUT2D eigenvalue weighted by Gasteiger charge is -2.13. The number of hydrogen-bond donors (Lipinski definition) is 1. The third kappa shape index (κ3) is 4.04. The van der Waals surface area contributed by atoms with Gasteiger partial charge in [0.15, 0.2) is 11.5 Å². The number of benzene rings is 2. The van der Waals surface area contributed by atoms with Crippen LogP contribution in [-0.2, 0) is 0 Å². The van der Waals surface area contributed by atoms with Crippen LogP contribution in [0.1, 0.15) is 21.5 Å². The molecular weight excluding hydrogens is 308 g/mol. The lowest BCUT2D eigenvalue weighted by molar-refractivity contribution is 0.0954. The van der Waals surface area contributed by atoms with Gasteiger partial charge < -0.3 is 14.2 Å². The maximum atomic E-state index is 12.2. The lowest BCUT2D eigenvalue weighted by Crippen LogP contribution is -2.18. The Morgan fingerprint density at radius 2 is 1.58 bits per heavy atom. The maximum Gasteiger partial charge on any atom is 0.271 e. The van der Waals surface area contributed by atoms with Crippen molar-refractivity contribution in [3.63, 3.8) is 0 Å². The van der Waals surface area contributed by atoms with E-state index in [4.69, 9.17) is 14.2 Å². The van der Waals surface area contributed by atoms with E-state index in [0.717, 1.165) is 11.1 Å². The molecule has 0 aliphatic rings. The Labute approximate surface area is 141 Å². The van der Waals surface area contributed by atoms with Crippen LogP contribution < -0.4 is 19.6 Å². The van der Waals surface area contributed by atoms with Crippen LogP contribution in [0.15, 0.2) is 41.5 Å². The molecule has 1 N–H and O–H groups in total. The van der Waals surface area contributed by atoms with Gasteiger partial charge in [-0.15, -0.1) is 0 Å². The molecule has 6 heteroatoms. The van der Waals surface area contributed by atoms with Gasteiger partial charge in [-0.05, 0) is 24.6 Å². The quantitative estimate of drug-likeness (QED) is 0.654. The van der Waals surface area contributed by atoms with Crippen molar-refractivity contribution in [3.05, 3.63) is 53.1 Å². The average Bonchev–Trinajstić information content (AvgIpc) is 2.61. The normalized spacial score (nSPS) is 10.5. The van der Waals surface area contributed by atoms with Gasteiger partial charge in [0.05, 0.1) is 27.5 Å². The summed E-state index contributed by atoms with van der Waals surface area (Å²) in [6.45, 7) is 2.01. The molecule has 0 unspecified atom stereocenters. The molecule has 0 saturated heterocycles. The van der Waals surface area contributed by atoms with E-state index in [2.05, 4.69) is 10.5 Å². The zero-order valence-corrected chi connectivity index (χ0v) is 14.1. The van der Waals surface area contributed by atoms with Crippen molar-refractivity contribution in [2.45, 2.75) is 6.92 Å². The van der Waals surface area contributed by atoms with Crippen LogP contribution in [0.5, 0.6) is 17.2 Å². The third-order valence-corrected chi connectivity index (χ3v) is 3.38. The van der Waals surface area contributed by atoms with Crippen LogP contribution in [0.2, 0.25) is 0 Å². The molecule has 0 fully saturated rings. The molecule has 0 atom stereocenters. The number of hydrazone groups is 1. The molecule has 0 aromatic heterocycles. The van der Waals surface area contributed by atoms with Gasteiger partial charge in [-0.3, -0.25) is 4.79 Å². The van der Waals surface area contributed by atoms with Gasteiger partial charge in [0.25, 0.3) is 5.91 Å². The number of rotatable bonds is 6. The highest BCUT2D eigenvalue weighted by Gasteiger charge is 2.16. The van der Waals surface area contributed by atoms with E-state index in [1.807, 2.05) is 31.2 Å². The Balaban J connectivity index is 2.15. The van der Waals surface area contributed by atoms with Gasteiger partial charge in [0.1, 0.15) is 0 Å². The number of aryl methyl sites for hydroxylation is 1. The number of hydrogen-bond acceptors (Lipinski definition) is 5. The highest BCUT2D eigenvalue weighted by molar-refractivity contribution is 5.96. The molecule has 2 aromatic rings. The molecule has 0 heterocycles. The van der Waals surface area contributed by atoms with Crippen molar-refractivity contribution in [1.29, 1.82) is 0 Å². The summed E-state index contributed by atoms with van der Waals surface area (Å²) in [4.78, 5) is 12.2. The first kappa shape index (κ1) is 17.3. The molecule has 24 heavy (non-hydrogen) atoms. The van der Waals surface area contributed by atoms with E-state index in [0.29, 0.717) is 22.8 Å². The second-order valence-electron chi connectivity index (χ2n) is 5.02. The van der Waals surface area contributed by atoms with Crippen LogP contribution in [-0.4, -0.2) is 33.5 Å². The smallest absolute Gasteiger partial charge is 0.271 e. The topological polar surface area (TPSA) is 69.2 Å². The Morgan fingerprint density at radius 1 is 1.00 bits per heavy atom. The standard InChI is InChI=1S/C18H20N2O4/c1-12-5-7-13(8-6-12)11-19-20-18(21)14-9-15(22-2)17(24-4)16(10-14)23-3/h5-11H,1-4H3,(H,20,21). The van der Waals surface area contributed by atoms with Gasteiger partial charge in [0, 0.05) is 5.56 Å². The second-order valence-corrected chi connectivity index (χ2v) is 5.02. The second kappa shape index (κ2) is 8.01. The number of ether oxygens (including phenoxy) is 3. The predicted octanol–water partition coefficient (Wildman–Crippen LogP) is 2.78. The summed E-state index contributed by atoms with van der Waals surface area (Å²) >= 11 is 0. The summed E-state index contributed by atoms with van der Waals surface area (Å²) in [6, 6.07) is 10.9. The first-order valence-electron chi connectivity index (χ1n) is 7.29. The molecule has 0 saturated carbocycles. The van der Waals surface area contributed by atoms with Gasteiger partial charge in [-0.2, -0.15) is 5.10 Å². The molecule has 0 aliphatic heterocycles. The Kier molecular flexibility index (Phi) is 5.78. The van der Waals surface area contributed by atoms with Crippen molar-refractivity contribution >= 4 is 12.1 Å². The monoisotopic (exact) mass is 328 g/mol. The van der Waals surface area contributed by atoms with Gasteiger partial charge in [-0.25, -0.2) is 5.43 Å². The number of nitrogens with zero attached hydrogens (tertiary/aromatic N) is 1. The molecule has 1 amide bonds. The van der Waals surface area contributed by atoms with E-state index < -0.39 is 0 Å². The fourth-order valence-corrected chi connectivity index (χ4v) is 2.09. The van der Waals surface area contributed by atoms with Crippen molar-refractivity contribution < 1.29 is 19.0 Å². The van der Waals surface area contributed by atoms with Gasteiger partial charge >= 0.3 is 0 Å². The number of methoxy groups -OCH3 is 3. The minimum Gasteiger partial charge on any atom is -0.493 e. The van der Waals surface area contributed by atoms with Crippen molar-refractivity contribution in [2.75, 3.05) is 21.3 Å². The van der Waals surface area contributed by atoms with E-state index in [1.54, 1.807) is 18.3 Å². The van der Waals surface area contributed by atoms with Gasteiger partial charge in [0.2, 0.25) is 5.75 Å². The van der Waals surface area contributed by atoms with Crippen molar-refractivity contribution in [1.82, 2.24) is 5.43 Å². The molecule has 6 nitrogen and oxygen atoms in total. The van der Waals surface area contributed by atoms with Crippen LogP contribution in [0.25, 0.3) is 0 Å². The van der Waals surface area contributed by atoms with Gasteiger partial charge in [-0.1, -0.05) is 29.8 Å². The van der Waals surface area contributed by atoms with Crippen LogP contribution in [0, 0.1) is 6.92 Å². The first-order valence-corrected chi connectivity index (χ1v) is 7.29. The molecule has 2 rings (SSSR count).